The molecule has 1 unspecified atom stereocenters. The molecule has 2 aromatic rings. The number of anilines is 1. The zero-order valence-corrected chi connectivity index (χ0v) is 10.9. The zero-order valence-electron chi connectivity index (χ0n) is 10.9. The molecule has 3 rings (SSSR count). The van der Waals surface area contributed by atoms with Crippen LogP contribution in [0.5, 0.6) is 0 Å². The molecule has 5 heteroatoms. The first-order chi connectivity index (χ1) is 9.26. The molecule has 0 spiro atoms. The number of nitrogens with two attached hydrogens (primary N) is 1. The highest BCUT2D eigenvalue weighted by Crippen LogP contribution is 2.41. The van der Waals surface area contributed by atoms with Crippen molar-refractivity contribution in [1.82, 2.24) is 10.1 Å². The van der Waals surface area contributed by atoms with E-state index in [1.54, 1.807) is 7.11 Å². The van der Waals surface area contributed by atoms with Gasteiger partial charge in [0.2, 0.25) is 11.7 Å². The Morgan fingerprint density at radius 1 is 1.47 bits per heavy atom. The van der Waals surface area contributed by atoms with Crippen molar-refractivity contribution in [2.45, 2.75) is 25.4 Å². The number of nitrogen functional groups attached to an aromatic ring is 1. The normalized spacial score (nSPS) is 16.5. The fourth-order valence-corrected chi connectivity index (χ4v) is 2.24. The minimum atomic E-state index is -0.0293. The number of rotatable bonds is 5. The van der Waals surface area contributed by atoms with E-state index in [-0.39, 0.29) is 6.10 Å². The topological polar surface area (TPSA) is 74.2 Å². The van der Waals surface area contributed by atoms with Gasteiger partial charge in [-0.15, -0.1) is 0 Å². The Morgan fingerprint density at radius 2 is 2.32 bits per heavy atom. The number of aromatic nitrogens is 2. The molecule has 100 valence electrons. The third-order valence-corrected chi connectivity index (χ3v) is 3.35. The highest BCUT2D eigenvalue weighted by molar-refractivity contribution is 5.41. The van der Waals surface area contributed by atoms with Crippen molar-refractivity contribution in [2.24, 2.45) is 5.92 Å². The quantitative estimate of drug-likeness (QED) is 0.834. The van der Waals surface area contributed by atoms with Crippen LogP contribution in [-0.4, -0.2) is 17.3 Å². The lowest BCUT2D eigenvalue weighted by Gasteiger charge is -2.08. The molecule has 1 fully saturated rings. The van der Waals surface area contributed by atoms with E-state index in [1.165, 1.54) is 12.8 Å². The summed E-state index contributed by atoms with van der Waals surface area (Å²) in [5.41, 5.74) is 7.55. The Balaban J connectivity index is 1.74. The van der Waals surface area contributed by atoms with Gasteiger partial charge in [-0.25, -0.2) is 0 Å². The second-order valence-corrected chi connectivity index (χ2v) is 4.96. The van der Waals surface area contributed by atoms with Crippen molar-refractivity contribution < 1.29 is 9.26 Å². The molecule has 0 bridgehead atoms. The summed E-state index contributed by atoms with van der Waals surface area (Å²) >= 11 is 0. The highest BCUT2D eigenvalue weighted by atomic mass is 16.5. The van der Waals surface area contributed by atoms with Crippen molar-refractivity contribution >= 4 is 5.69 Å². The molecule has 0 saturated heterocycles. The Bertz CT molecular complexity index is 563. The number of ether oxygens (including phenoxy) is 1. The summed E-state index contributed by atoms with van der Waals surface area (Å²) in [7, 11) is 1.69. The fourth-order valence-electron chi connectivity index (χ4n) is 2.24. The van der Waals surface area contributed by atoms with E-state index in [1.807, 2.05) is 24.3 Å². The molecule has 0 aliphatic heterocycles. The maximum absolute atomic E-state index is 5.75. The predicted molar refractivity (Wildman–Crippen MR) is 70.4 cm³/mol. The van der Waals surface area contributed by atoms with E-state index in [9.17, 15) is 0 Å². The van der Waals surface area contributed by atoms with Crippen molar-refractivity contribution in [3.05, 3.63) is 41.5 Å². The van der Waals surface area contributed by atoms with E-state index < -0.39 is 0 Å². The number of nitrogens with zero attached hydrogens (tertiary/aromatic N) is 2. The monoisotopic (exact) mass is 259 g/mol. The Hall–Kier alpha value is -1.88. The molecule has 0 radical (unpaired) electrons. The average molecular weight is 259 g/mol. The molecule has 1 heterocycles. The van der Waals surface area contributed by atoms with Crippen molar-refractivity contribution in [2.75, 3.05) is 12.8 Å². The maximum atomic E-state index is 5.75. The van der Waals surface area contributed by atoms with E-state index in [0.29, 0.717) is 24.1 Å². The van der Waals surface area contributed by atoms with Gasteiger partial charge in [0.25, 0.3) is 0 Å². The lowest BCUT2D eigenvalue weighted by Crippen LogP contribution is -2.05. The summed E-state index contributed by atoms with van der Waals surface area (Å²) in [6.07, 6.45) is 2.92. The second kappa shape index (κ2) is 5.01. The van der Waals surface area contributed by atoms with Crippen molar-refractivity contribution in [3.63, 3.8) is 0 Å². The van der Waals surface area contributed by atoms with Gasteiger partial charge in [0.1, 0.15) is 6.10 Å². The van der Waals surface area contributed by atoms with Gasteiger partial charge >= 0.3 is 0 Å². The zero-order chi connectivity index (χ0) is 13.2. The van der Waals surface area contributed by atoms with E-state index >= 15 is 0 Å². The molecule has 1 aliphatic carbocycles. The van der Waals surface area contributed by atoms with E-state index in [4.69, 9.17) is 15.0 Å². The molecule has 19 heavy (non-hydrogen) atoms. The first-order valence-corrected chi connectivity index (χ1v) is 6.46. The van der Waals surface area contributed by atoms with Gasteiger partial charge < -0.3 is 15.0 Å². The van der Waals surface area contributed by atoms with Gasteiger partial charge in [0.05, 0.1) is 6.42 Å². The van der Waals surface area contributed by atoms with Gasteiger partial charge in [-0.05, 0) is 36.5 Å². The summed E-state index contributed by atoms with van der Waals surface area (Å²) in [4.78, 5) is 4.42. The lowest BCUT2D eigenvalue weighted by atomic mass is 10.1. The summed E-state index contributed by atoms with van der Waals surface area (Å²) in [5.74, 6) is 1.80. The standard InChI is InChI=1S/C14H17N3O2/c1-18-13(10-5-6-10)14-16-12(19-17-14)8-9-3-2-4-11(15)7-9/h2-4,7,10,13H,5-6,8,15H2,1H3. The number of methoxy groups -OCH3 is 1. The van der Waals surface area contributed by atoms with Crippen LogP contribution in [0.25, 0.3) is 0 Å². The van der Waals surface area contributed by atoms with Crippen LogP contribution in [0.3, 0.4) is 0 Å². The fraction of sp³-hybridized carbons (Fsp3) is 0.429. The SMILES string of the molecule is COC(c1noc(Cc2cccc(N)c2)n1)C1CC1. The van der Waals surface area contributed by atoms with Gasteiger partial charge in [0, 0.05) is 12.8 Å². The minimum absolute atomic E-state index is 0.0293. The second-order valence-electron chi connectivity index (χ2n) is 4.96. The minimum Gasteiger partial charge on any atom is -0.399 e. The smallest absolute Gasteiger partial charge is 0.231 e. The van der Waals surface area contributed by atoms with Gasteiger partial charge in [0.15, 0.2) is 0 Å². The van der Waals surface area contributed by atoms with Gasteiger partial charge in [-0.1, -0.05) is 17.3 Å². The van der Waals surface area contributed by atoms with E-state index in [0.717, 1.165) is 11.3 Å². The maximum Gasteiger partial charge on any atom is 0.231 e. The van der Waals surface area contributed by atoms with Gasteiger partial charge in [-0.3, -0.25) is 0 Å². The number of hydrogen-bond donors (Lipinski definition) is 1. The largest absolute Gasteiger partial charge is 0.399 e. The summed E-state index contributed by atoms with van der Waals surface area (Å²) in [6, 6.07) is 7.69. The Morgan fingerprint density at radius 3 is 3.00 bits per heavy atom. The average Bonchev–Trinajstić information content (AvgIpc) is 3.12. The highest BCUT2D eigenvalue weighted by Gasteiger charge is 2.35. The molecule has 2 N–H and O–H groups in total. The molecule has 0 amide bonds. The molecule has 1 aromatic heterocycles. The van der Waals surface area contributed by atoms with Crippen LogP contribution in [0.1, 0.15) is 36.2 Å². The summed E-state index contributed by atoms with van der Waals surface area (Å²) in [6.45, 7) is 0. The van der Waals surface area contributed by atoms with Gasteiger partial charge in [-0.2, -0.15) is 4.98 Å². The Kier molecular flexibility index (Phi) is 3.21. The van der Waals surface area contributed by atoms with Crippen LogP contribution in [-0.2, 0) is 11.2 Å². The van der Waals surface area contributed by atoms with Crippen molar-refractivity contribution in [1.29, 1.82) is 0 Å². The van der Waals surface area contributed by atoms with Crippen LogP contribution in [0.2, 0.25) is 0 Å². The molecular formula is C14H17N3O2. The molecule has 1 aromatic carbocycles. The van der Waals surface area contributed by atoms with Crippen LogP contribution < -0.4 is 5.73 Å². The third-order valence-electron chi connectivity index (χ3n) is 3.35. The van der Waals surface area contributed by atoms with Crippen LogP contribution in [0.15, 0.2) is 28.8 Å². The third kappa shape index (κ3) is 2.76. The molecule has 1 saturated carbocycles. The summed E-state index contributed by atoms with van der Waals surface area (Å²) < 4.78 is 10.7. The first kappa shape index (κ1) is 12.2. The predicted octanol–water partition coefficient (Wildman–Crippen LogP) is 2.34. The number of hydrogen-bond acceptors (Lipinski definition) is 5. The Labute approximate surface area is 111 Å². The summed E-state index contributed by atoms with van der Waals surface area (Å²) in [5, 5.41) is 4.02. The molecule has 5 nitrogen and oxygen atoms in total. The number of benzene rings is 1. The first-order valence-electron chi connectivity index (χ1n) is 6.46. The van der Waals surface area contributed by atoms with Crippen molar-refractivity contribution in [3.8, 4) is 0 Å². The van der Waals surface area contributed by atoms with Crippen LogP contribution >= 0.6 is 0 Å². The lowest BCUT2D eigenvalue weighted by molar-refractivity contribution is 0.0751. The van der Waals surface area contributed by atoms with E-state index in [2.05, 4.69) is 10.1 Å². The molecule has 1 atom stereocenters. The van der Waals surface area contributed by atoms with Crippen LogP contribution in [0.4, 0.5) is 5.69 Å². The molecule has 1 aliphatic rings. The molecular weight excluding hydrogens is 242 g/mol. The van der Waals surface area contributed by atoms with Crippen LogP contribution in [0, 0.1) is 5.92 Å².